The molecule has 0 bridgehead atoms. The van der Waals surface area contributed by atoms with E-state index in [1.54, 1.807) is 4.90 Å². The minimum Gasteiger partial charge on any atom is -0.388 e. The number of ether oxygens (including phenoxy) is 1. The summed E-state index contributed by atoms with van der Waals surface area (Å²) >= 11 is 0. The van der Waals surface area contributed by atoms with Gasteiger partial charge in [0.15, 0.2) is 0 Å². The average molecular weight is 314 g/mol. The summed E-state index contributed by atoms with van der Waals surface area (Å²) in [6.07, 6.45) is -1.55. The Morgan fingerprint density at radius 1 is 1.18 bits per heavy atom. The highest BCUT2D eigenvalue weighted by molar-refractivity contribution is 5.77. The van der Waals surface area contributed by atoms with Gasteiger partial charge in [0.2, 0.25) is 11.8 Å². The Morgan fingerprint density at radius 2 is 1.77 bits per heavy atom. The van der Waals surface area contributed by atoms with Crippen molar-refractivity contribution in [3.8, 4) is 0 Å². The molecule has 2 aliphatic rings. The summed E-state index contributed by atoms with van der Waals surface area (Å²) in [7, 11) is 0. The van der Waals surface area contributed by atoms with Gasteiger partial charge in [-0.15, -0.1) is 0 Å². The fourth-order valence-corrected chi connectivity index (χ4v) is 2.97. The average Bonchev–Trinajstić information content (AvgIpc) is 2.74. The van der Waals surface area contributed by atoms with Crippen LogP contribution < -0.4 is 5.32 Å². The Hall–Kier alpha value is -1.18. The predicted octanol–water partition coefficient (Wildman–Crippen LogP) is -0.740. The van der Waals surface area contributed by atoms with Gasteiger partial charge in [-0.1, -0.05) is 6.92 Å². The van der Waals surface area contributed by atoms with Crippen molar-refractivity contribution in [2.24, 2.45) is 5.92 Å². The lowest BCUT2D eigenvalue weighted by molar-refractivity contribution is -0.136. The molecule has 2 amide bonds. The molecule has 0 aromatic rings. The van der Waals surface area contributed by atoms with Gasteiger partial charge < -0.3 is 25.2 Å². The van der Waals surface area contributed by atoms with E-state index in [-0.39, 0.29) is 24.8 Å². The lowest BCUT2D eigenvalue weighted by atomic mass is 9.98. The minimum atomic E-state index is -1.11. The molecule has 2 aliphatic heterocycles. The molecule has 0 unspecified atom stereocenters. The molecule has 2 fully saturated rings. The van der Waals surface area contributed by atoms with Crippen LogP contribution in [0.4, 0.5) is 0 Å². The van der Waals surface area contributed by atoms with E-state index in [0.29, 0.717) is 5.92 Å². The number of likely N-dealkylation sites (tertiary alicyclic amines) is 1. The van der Waals surface area contributed by atoms with Gasteiger partial charge in [0.25, 0.3) is 0 Å². The molecule has 4 atom stereocenters. The van der Waals surface area contributed by atoms with Crippen LogP contribution in [0.5, 0.6) is 0 Å². The molecule has 0 saturated carbocycles. The van der Waals surface area contributed by atoms with E-state index in [4.69, 9.17) is 4.74 Å². The van der Waals surface area contributed by atoms with Crippen LogP contribution in [-0.4, -0.2) is 71.0 Å². The van der Waals surface area contributed by atoms with E-state index >= 15 is 0 Å². The summed E-state index contributed by atoms with van der Waals surface area (Å²) in [4.78, 5) is 25.0. The molecular formula is C15H26N2O5. The highest BCUT2D eigenvalue weighted by Gasteiger charge is 2.43. The smallest absolute Gasteiger partial charge is 0.225 e. The third-order valence-electron chi connectivity index (χ3n) is 4.53. The second-order valence-electron chi connectivity index (χ2n) is 6.40. The number of hydrogen-bond acceptors (Lipinski definition) is 5. The van der Waals surface area contributed by atoms with Gasteiger partial charge in [0.05, 0.1) is 12.5 Å². The summed E-state index contributed by atoms with van der Waals surface area (Å²) < 4.78 is 5.56. The van der Waals surface area contributed by atoms with Crippen LogP contribution in [0, 0.1) is 5.92 Å². The first-order valence-electron chi connectivity index (χ1n) is 7.92. The third kappa shape index (κ3) is 4.18. The molecular weight excluding hydrogens is 288 g/mol. The van der Waals surface area contributed by atoms with Crippen LogP contribution in [0.15, 0.2) is 0 Å². The van der Waals surface area contributed by atoms with E-state index < -0.39 is 24.4 Å². The number of carbonyl (C=O) groups excluding carboxylic acids is 2. The Labute approximate surface area is 130 Å². The van der Waals surface area contributed by atoms with E-state index in [9.17, 15) is 19.8 Å². The van der Waals surface area contributed by atoms with Crippen LogP contribution in [0.2, 0.25) is 0 Å². The monoisotopic (exact) mass is 314 g/mol. The SMILES string of the molecule is CC(=O)NC[C@H]1O[C@@H](CC(=O)N2CCC(C)CC2)[C@H](O)[C@@H]1O. The maximum absolute atomic E-state index is 12.3. The molecule has 0 aliphatic carbocycles. The zero-order valence-electron chi connectivity index (χ0n) is 13.2. The molecule has 0 aromatic heterocycles. The van der Waals surface area contributed by atoms with Crippen LogP contribution in [-0.2, 0) is 14.3 Å². The normalized spacial score (nSPS) is 33.0. The van der Waals surface area contributed by atoms with E-state index in [1.807, 2.05) is 0 Å². The Bertz CT molecular complexity index is 409. The van der Waals surface area contributed by atoms with E-state index in [1.165, 1.54) is 6.92 Å². The van der Waals surface area contributed by atoms with E-state index in [0.717, 1.165) is 25.9 Å². The topological polar surface area (TPSA) is 99.1 Å². The van der Waals surface area contributed by atoms with Gasteiger partial charge >= 0.3 is 0 Å². The van der Waals surface area contributed by atoms with Gasteiger partial charge in [0, 0.05) is 26.6 Å². The lowest BCUT2D eigenvalue weighted by Gasteiger charge is -2.31. The van der Waals surface area contributed by atoms with Crippen molar-refractivity contribution < 1.29 is 24.5 Å². The van der Waals surface area contributed by atoms with Crippen LogP contribution >= 0.6 is 0 Å². The number of nitrogens with zero attached hydrogens (tertiary/aromatic N) is 1. The largest absolute Gasteiger partial charge is 0.388 e. The summed E-state index contributed by atoms with van der Waals surface area (Å²) in [5.74, 6) is 0.358. The number of hydrogen-bond donors (Lipinski definition) is 3. The predicted molar refractivity (Wildman–Crippen MR) is 79.0 cm³/mol. The van der Waals surface area contributed by atoms with Crippen molar-refractivity contribution in [2.75, 3.05) is 19.6 Å². The molecule has 22 heavy (non-hydrogen) atoms. The molecule has 3 N–H and O–H groups in total. The zero-order valence-corrected chi connectivity index (χ0v) is 13.2. The van der Waals surface area contributed by atoms with Crippen molar-refractivity contribution in [1.29, 1.82) is 0 Å². The summed E-state index contributed by atoms with van der Waals surface area (Å²) in [5.41, 5.74) is 0. The summed E-state index contributed by atoms with van der Waals surface area (Å²) in [5, 5.41) is 22.5. The number of aliphatic hydroxyl groups is 2. The molecule has 7 heteroatoms. The molecule has 7 nitrogen and oxygen atoms in total. The molecule has 2 heterocycles. The fourth-order valence-electron chi connectivity index (χ4n) is 2.97. The first kappa shape index (κ1) is 17.2. The molecule has 0 spiro atoms. The number of piperidine rings is 1. The van der Waals surface area contributed by atoms with Gasteiger partial charge in [-0.2, -0.15) is 0 Å². The number of amides is 2. The Morgan fingerprint density at radius 3 is 2.36 bits per heavy atom. The molecule has 2 saturated heterocycles. The highest BCUT2D eigenvalue weighted by Crippen LogP contribution is 2.25. The van der Waals surface area contributed by atoms with Gasteiger partial charge in [-0.25, -0.2) is 0 Å². The van der Waals surface area contributed by atoms with Gasteiger partial charge in [0.1, 0.15) is 18.3 Å². The first-order valence-corrected chi connectivity index (χ1v) is 7.92. The van der Waals surface area contributed by atoms with Gasteiger partial charge in [-0.3, -0.25) is 9.59 Å². The zero-order chi connectivity index (χ0) is 16.3. The molecule has 126 valence electrons. The Balaban J connectivity index is 1.84. The maximum atomic E-state index is 12.3. The second-order valence-corrected chi connectivity index (χ2v) is 6.40. The number of nitrogens with one attached hydrogen (secondary N) is 1. The number of rotatable bonds is 4. The summed E-state index contributed by atoms with van der Waals surface area (Å²) in [6.45, 7) is 5.14. The molecule has 0 radical (unpaired) electrons. The van der Waals surface area contributed by atoms with Crippen molar-refractivity contribution in [3.63, 3.8) is 0 Å². The minimum absolute atomic E-state index is 0.0525. The highest BCUT2D eigenvalue weighted by atomic mass is 16.5. The van der Waals surface area contributed by atoms with Crippen molar-refractivity contribution >= 4 is 11.8 Å². The number of carbonyl (C=O) groups is 2. The van der Waals surface area contributed by atoms with Crippen LogP contribution in [0.1, 0.15) is 33.1 Å². The number of aliphatic hydroxyl groups excluding tert-OH is 2. The standard InChI is InChI=1S/C15H26N2O5/c1-9-3-5-17(6-4-9)13(19)7-11-14(20)15(21)12(22-11)8-16-10(2)18/h9,11-12,14-15,20-21H,3-8H2,1-2H3,(H,16,18)/t11-,12+,14-,15+/m0/s1. The quantitative estimate of drug-likeness (QED) is 0.635. The van der Waals surface area contributed by atoms with E-state index in [2.05, 4.69) is 12.2 Å². The van der Waals surface area contributed by atoms with Gasteiger partial charge in [-0.05, 0) is 18.8 Å². The van der Waals surface area contributed by atoms with Crippen LogP contribution in [0.25, 0.3) is 0 Å². The van der Waals surface area contributed by atoms with Crippen molar-refractivity contribution in [1.82, 2.24) is 10.2 Å². The fraction of sp³-hybridized carbons (Fsp3) is 0.867. The van der Waals surface area contributed by atoms with Crippen molar-refractivity contribution in [2.45, 2.75) is 57.5 Å². The Kier molecular flexibility index (Phi) is 5.77. The van der Waals surface area contributed by atoms with Crippen molar-refractivity contribution in [3.05, 3.63) is 0 Å². The first-order chi connectivity index (χ1) is 10.4. The molecule has 2 rings (SSSR count). The third-order valence-corrected chi connectivity index (χ3v) is 4.53. The second kappa shape index (κ2) is 7.39. The molecule has 0 aromatic carbocycles. The van der Waals surface area contributed by atoms with Crippen LogP contribution in [0.3, 0.4) is 0 Å². The summed E-state index contributed by atoms with van der Waals surface area (Å²) in [6, 6.07) is 0. The lowest BCUT2D eigenvalue weighted by Crippen LogP contribution is -2.41. The maximum Gasteiger partial charge on any atom is 0.225 e.